The Morgan fingerprint density at radius 1 is 0.938 bits per heavy atom. The van der Waals surface area contributed by atoms with Gasteiger partial charge in [0.2, 0.25) is 0 Å². The molecule has 78 valence electrons. The molecule has 2 rings (SSSR count). The van der Waals surface area contributed by atoms with Crippen molar-refractivity contribution in [2.45, 2.75) is 6.92 Å². The van der Waals surface area contributed by atoms with Gasteiger partial charge >= 0.3 is 0 Å². The van der Waals surface area contributed by atoms with Crippen molar-refractivity contribution in [2.75, 3.05) is 0 Å². The molecule has 0 aliphatic carbocycles. The second-order valence-corrected chi connectivity index (χ2v) is 3.43. The van der Waals surface area contributed by atoms with E-state index >= 15 is 0 Å². The molecule has 0 saturated heterocycles. The molecule has 16 heavy (non-hydrogen) atoms. The molecule has 0 fully saturated rings. The van der Waals surface area contributed by atoms with Crippen LogP contribution in [-0.4, -0.2) is 0 Å². The van der Waals surface area contributed by atoms with Gasteiger partial charge in [-0.25, -0.2) is 4.39 Å². The third-order valence-electron chi connectivity index (χ3n) is 2.34. The van der Waals surface area contributed by atoms with Gasteiger partial charge in [-0.1, -0.05) is 36.3 Å². The fraction of sp³-hybridized carbons (Fsp3) is 0.0667. The van der Waals surface area contributed by atoms with Crippen LogP contribution in [0.3, 0.4) is 0 Å². The lowest BCUT2D eigenvalue weighted by Gasteiger charge is -2.02. The standard InChI is InChI=1S/C15H11F/c1-2-5-12-8-10-13(11-9-12)14-6-3-4-7-15(14)16/h3-4,6-11H,1H3. The predicted molar refractivity (Wildman–Crippen MR) is 64.4 cm³/mol. The van der Waals surface area contributed by atoms with Gasteiger partial charge in [-0.3, -0.25) is 0 Å². The Kier molecular flexibility index (Phi) is 3.03. The minimum atomic E-state index is -0.197. The van der Waals surface area contributed by atoms with E-state index in [0.717, 1.165) is 11.1 Å². The summed E-state index contributed by atoms with van der Waals surface area (Å²) >= 11 is 0. The highest BCUT2D eigenvalue weighted by Crippen LogP contribution is 2.22. The third kappa shape index (κ3) is 2.12. The molecule has 0 aliphatic heterocycles. The van der Waals surface area contributed by atoms with E-state index in [9.17, 15) is 4.39 Å². The van der Waals surface area contributed by atoms with Gasteiger partial charge in [0.25, 0.3) is 0 Å². The van der Waals surface area contributed by atoms with Crippen molar-refractivity contribution in [1.29, 1.82) is 0 Å². The van der Waals surface area contributed by atoms with Gasteiger partial charge in [-0.2, -0.15) is 0 Å². The van der Waals surface area contributed by atoms with Crippen LogP contribution >= 0.6 is 0 Å². The number of hydrogen-bond acceptors (Lipinski definition) is 0. The first-order valence-electron chi connectivity index (χ1n) is 5.09. The summed E-state index contributed by atoms with van der Waals surface area (Å²) in [5.41, 5.74) is 2.45. The van der Waals surface area contributed by atoms with Crippen molar-refractivity contribution in [3.8, 4) is 23.0 Å². The largest absolute Gasteiger partial charge is 0.206 e. The average molecular weight is 210 g/mol. The summed E-state index contributed by atoms with van der Waals surface area (Å²) in [7, 11) is 0. The van der Waals surface area contributed by atoms with Crippen LogP contribution < -0.4 is 0 Å². The summed E-state index contributed by atoms with van der Waals surface area (Å²) in [6.07, 6.45) is 0. The van der Waals surface area contributed by atoms with Crippen molar-refractivity contribution in [3.05, 3.63) is 59.9 Å². The normalized spacial score (nSPS) is 9.38. The van der Waals surface area contributed by atoms with Crippen LogP contribution in [0.25, 0.3) is 11.1 Å². The summed E-state index contributed by atoms with van der Waals surface area (Å²) in [4.78, 5) is 0. The topological polar surface area (TPSA) is 0 Å². The van der Waals surface area contributed by atoms with E-state index in [1.165, 1.54) is 6.07 Å². The number of hydrogen-bond donors (Lipinski definition) is 0. The first-order chi connectivity index (χ1) is 7.81. The highest BCUT2D eigenvalue weighted by molar-refractivity contribution is 5.64. The van der Waals surface area contributed by atoms with Crippen molar-refractivity contribution >= 4 is 0 Å². The summed E-state index contributed by atoms with van der Waals surface area (Å²) < 4.78 is 13.5. The van der Waals surface area contributed by atoms with Crippen LogP contribution in [-0.2, 0) is 0 Å². The fourth-order valence-corrected chi connectivity index (χ4v) is 1.57. The van der Waals surface area contributed by atoms with Crippen molar-refractivity contribution < 1.29 is 4.39 Å². The molecule has 0 atom stereocenters. The molecular formula is C15H11F. The zero-order valence-electron chi connectivity index (χ0n) is 9.00. The van der Waals surface area contributed by atoms with E-state index in [4.69, 9.17) is 0 Å². The molecule has 2 aromatic rings. The van der Waals surface area contributed by atoms with E-state index in [-0.39, 0.29) is 5.82 Å². The summed E-state index contributed by atoms with van der Waals surface area (Å²) in [6, 6.07) is 14.3. The Morgan fingerprint density at radius 3 is 2.25 bits per heavy atom. The van der Waals surface area contributed by atoms with Gasteiger partial charge in [0, 0.05) is 11.1 Å². The van der Waals surface area contributed by atoms with Gasteiger partial charge < -0.3 is 0 Å². The Balaban J connectivity index is 2.41. The monoisotopic (exact) mass is 210 g/mol. The Hall–Kier alpha value is -2.07. The van der Waals surface area contributed by atoms with Gasteiger partial charge in [0.1, 0.15) is 5.82 Å². The zero-order valence-corrected chi connectivity index (χ0v) is 9.00. The summed E-state index contributed by atoms with van der Waals surface area (Å²) in [5.74, 6) is 5.59. The van der Waals surface area contributed by atoms with Gasteiger partial charge in [-0.05, 0) is 30.7 Å². The smallest absolute Gasteiger partial charge is 0.131 e. The van der Waals surface area contributed by atoms with Gasteiger partial charge in [-0.15, -0.1) is 5.92 Å². The summed E-state index contributed by atoms with van der Waals surface area (Å²) in [6.45, 7) is 1.80. The minimum absolute atomic E-state index is 0.197. The average Bonchev–Trinajstić information content (AvgIpc) is 2.31. The van der Waals surface area contributed by atoms with Crippen molar-refractivity contribution in [3.63, 3.8) is 0 Å². The molecule has 0 heterocycles. The quantitative estimate of drug-likeness (QED) is 0.627. The molecule has 0 N–H and O–H groups in total. The molecule has 0 unspecified atom stereocenters. The van der Waals surface area contributed by atoms with E-state index < -0.39 is 0 Å². The minimum Gasteiger partial charge on any atom is -0.206 e. The van der Waals surface area contributed by atoms with E-state index in [1.807, 2.05) is 30.3 Å². The molecule has 2 aromatic carbocycles. The van der Waals surface area contributed by atoms with Crippen LogP contribution in [0.2, 0.25) is 0 Å². The van der Waals surface area contributed by atoms with Gasteiger partial charge in [0.05, 0.1) is 0 Å². The number of rotatable bonds is 1. The fourth-order valence-electron chi connectivity index (χ4n) is 1.57. The maximum atomic E-state index is 13.5. The van der Waals surface area contributed by atoms with Crippen molar-refractivity contribution in [1.82, 2.24) is 0 Å². The molecule has 0 saturated carbocycles. The molecule has 0 spiro atoms. The lowest BCUT2D eigenvalue weighted by Crippen LogP contribution is -1.83. The molecule has 0 aromatic heterocycles. The first kappa shape index (κ1) is 10.4. The third-order valence-corrected chi connectivity index (χ3v) is 2.34. The van der Waals surface area contributed by atoms with Crippen LogP contribution in [0.15, 0.2) is 48.5 Å². The lowest BCUT2D eigenvalue weighted by atomic mass is 10.0. The summed E-state index contributed by atoms with van der Waals surface area (Å²) in [5, 5.41) is 0. The molecule has 0 nitrogen and oxygen atoms in total. The van der Waals surface area contributed by atoms with Gasteiger partial charge in [0.15, 0.2) is 0 Å². The van der Waals surface area contributed by atoms with Crippen molar-refractivity contribution in [2.24, 2.45) is 0 Å². The maximum absolute atomic E-state index is 13.5. The molecule has 0 aliphatic rings. The molecule has 0 bridgehead atoms. The number of benzene rings is 2. The Bertz CT molecular complexity index is 542. The second kappa shape index (κ2) is 4.63. The molecule has 1 heteroatoms. The Morgan fingerprint density at radius 2 is 1.62 bits per heavy atom. The van der Waals surface area contributed by atoms with E-state index in [2.05, 4.69) is 11.8 Å². The molecular weight excluding hydrogens is 199 g/mol. The second-order valence-electron chi connectivity index (χ2n) is 3.43. The highest BCUT2D eigenvalue weighted by atomic mass is 19.1. The SMILES string of the molecule is CC#Cc1ccc(-c2ccccc2F)cc1. The predicted octanol–water partition coefficient (Wildman–Crippen LogP) is 3.86. The molecule has 0 radical (unpaired) electrons. The van der Waals surface area contributed by atoms with Crippen LogP contribution in [0.5, 0.6) is 0 Å². The van der Waals surface area contributed by atoms with E-state index in [0.29, 0.717) is 5.56 Å². The zero-order chi connectivity index (χ0) is 11.4. The van der Waals surface area contributed by atoms with Crippen LogP contribution in [0, 0.1) is 17.7 Å². The van der Waals surface area contributed by atoms with Crippen LogP contribution in [0.4, 0.5) is 4.39 Å². The molecule has 0 amide bonds. The lowest BCUT2D eigenvalue weighted by molar-refractivity contribution is 0.631. The highest BCUT2D eigenvalue weighted by Gasteiger charge is 2.02. The number of halogens is 1. The maximum Gasteiger partial charge on any atom is 0.131 e. The Labute approximate surface area is 94.7 Å². The van der Waals surface area contributed by atoms with E-state index in [1.54, 1.807) is 19.1 Å². The first-order valence-corrected chi connectivity index (χ1v) is 5.09. The van der Waals surface area contributed by atoms with Crippen LogP contribution in [0.1, 0.15) is 12.5 Å².